The van der Waals surface area contributed by atoms with Crippen LogP contribution >= 0.6 is 0 Å². The van der Waals surface area contributed by atoms with Gasteiger partial charge < -0.3 is 25.3 Å². The number of nitrogens with two attached hydrogens (primary N) is 1. The first-order valence-electron chi connectivity index (χ1n) is 6.59. The highest BCUT2D eigenvalue weighted by molar-refractivity contribution is 5.97. The molecule has 21 heavy (non-hydrogen) atoms. The molecule has 1 saturated heterocycles. The van der Waals surface area contributed by atoms with Crippen molar-refractivity contribution < 1.29 is 19.5 Å². The first-order valence-corrected chi connectivity index (χ1v) is 6.59. The number of morpholine rings is 1. The number of nitrogens with zero attached hydrogens (tertiary/aromatic N) is 2. The van der Waals surface area contributed by atoms with Crippen molar-refractivity contribution in [3.63, 3.8) is 0 Å². The molecule has 0 saturated carbocycles. The largest absolute Gasteiger partial charge is 0.496 e. The number of amides is 1. The Kier molecular flexibility index (Phi) is 4.64. The summed E-state index contributed by atoms with van der Waals surface area (Å²) in [6, 6.07) is 5.44. The Morgan fingerprint density at radius 3 is 3.00 bits per heavy atom. The summed E-state index contributed by atoms with van der Waals surface area (Å²) < 4.78 is 10.6. The van der Waals surface area contributed by atoms with E-state index in [4.69, 9.17) is 20.4 Å². The highest BCUT2D eigenvalue weighted by Crippen LogP contribution is 2.22. The zero-order valence-corrected chi connectivity index (χ0v) is 12.1. The lowest BCUT2D eigenvalue weighted by Crippen LogP contribution is -2.50. The van der Waals surface area contributed by atoms with Crippen LogP contribution in [-0.4, -0.2) is 54.8 Å². The SMILES string of the molecule is COc1ccc(C)cc1C(=O)N1CCOC(C(N)=NO)C1. The number of carbonyl (C=O) groups is 1. The maximum absolute atomic E-state index is 12.6. The summed E-state index contributed by atoms with van der Waals surface area (Å²) in [6.07, 6.45) is -0.594. The van der Waals surface area contributed by atoms with Crippen LogP contribution in [0.5, 0.6) is 5.75 Å². The fraction of sp³-hybridized carbons (Fsp3) is 0.429. The second kappa shape index (κ2) is 6.45. The van der Waals surface area contributed by atoms with Crippen molar-refractivity contribution in [1.29, 1.82) is 0 Å². The molecule has 1 aromatic carbocycles. The number of amidine groups is 1. The Morgan fingerprint density at radius 2 is 2.33 bits per heavy atom. The maximum atomic E-state index is 12.6. The molecule has 1 amide bonds. The molecule has 1 fully saturated rings. The predicted molar refractivity (Wildman–Crippen MR) is 76.8 cm³/mol. The lowest BCUT2D eigenvalue weighted by Gasteiger charge is -2.32. The number of ether oxygens (including phenoxy) is 2. The molecule has 0 aromatic heterocycles. The topological polar surface area (TPSA) is 97.4 Å². The first kappa shape index (κ1) is 15.1. The molecule has 7 nitrogen and oxygen atoms in total. The van der Waals surface area contributed by atoms with Gasteiger partial charge >= 0.3 is 0 Å². The number of carbonyl (C=O) groups excluding carboxylic acids is 1. The fourth-order valence-corrected chi connectivity index (χ4v) is 2.24. The van der Waals surface area contributed by atoms with E-state index in [2.05, 4.69) is 5.16 Å². The van der Waals surface area contributed by atoms with Gasteiger partial charge in [-0.1, -0.05) is 16.8 Å². The van der Waals surface area contributed by atoms with Crippen molar-refractivity contribution >= 4 is 11.7 Å². The van der Waals surface area contributed by atoms with E-state index in [1.807, 2.05) is 13.0 Å². The van der Waals surface area contributed by atoms with E-state index in [0.29, 0.717) is 24.5 Å². The fourth-order valence-electron chi connectivity index (χ4n) is 2.24. The molecule has 1 atom stereocenters. The molecule has 1 heterocycles. The van der Waals surface area contributed by atoms with Crippen LogP contribution in [0, 0.1) is 6.92 Å². The molecular formula is C14H19N3O4. The monoisotopic (exact) mass is 293 g/mol. The zero-order chi connectivity index (χ0) is 15.4. The van der Waals surface area contributed by atoms with Gasteiger partial charge in [-0.15, -0.1) is 0 Å². The summed E-state index contributed by atoms with van der Waals surface area (Å²) in [5.74, 6) is 0.329. The molecule has 1 aromatic rings. The van der Waals surface area contributed by atoms with Crippen molar-refractivity contribution in [2.45, 2.75) is 13.0 Å². The standard InChI is InChI=1S/C14H19N3O4/c1-9-3-4-11(20-2)10(7-9)14(18)17-5-6-21-12(8-17)13(15)16-19/h3-4,7,12,19H,5-6,8H2,1-2H3,(H2,15,16). The normalized spacial score (nSPS) is 19.4. The number of hydrogen-bond acceptors (Lipinski definition) is 5. The van der Waals surface area contributed by atoms with Gasteiger partial charge in [0.2, 0.25) is 0 Å². The van der Waals surface area contributed by atoms with Gasteiger partial charge in [0.15, 0.2) is 5.84 Å². The van der Waals surface area contributed by atoms with Gasteiger partial charge in [-0.3, -0.25) is 4.79 Å². The zero-order valence-electron chi connectivity index (χ0n) is 12.1. The lowest BCUT2D eigenvalue weighted by atomic mass is 10.1. The Balaban J connectivity index is 2.21. The van der Waals surface area contributed by atoms with E-state index in [9.17, 15) is 4.79 Å². The van der Waals surface area contributed by atoms with Crippen LogP contribution < -0.4 is 10.5 Å². The van der Waals surface area contributed by atoms with E-state index in [-0.39, 0.29) is 18.3 Å². The van der Waals surface area contributed by atoms with Crippen LogP contribution in [0.3, 0.4) is 0 Å². The second-order valence-electron chi connectivity index (χ2n) is 4.84. The van der Waals surface area contributed by atoms with Crippen molar-refractivity contribution in [2.24, 2.45) is 10.9 Å². The summed E-state index contributed by atoms with van der Waals surface area (Å²) in [4.78, 5) is 14.2. The average Bonchev–Trinajstić information content (AvgIpc) is 2.53. The molecule has 1 aliphatic heterocycles. The number of aryl methyl sites for hydroxylation is 1. The maximum Gasteiger partial charge on any atom is 0.257 e. The van der Waals surface area contributed by atoms with Crippen molar-refractivity contribution in [3.05, 3.63) is 29.3 Å². The second-order valence-corrected chi connectivity index (χ2v) is 4.84. The Labute approximate surface area is 122 Å². The van der Waals surface area contributed by atoms with Crippen molar-refractivity contribution in [1.82, 2.24) is 4.90 Å². The summed E-state index contributed by atoms with van der Waals surface area (Å²) in [7, 11) is 1.53. The predicted octanol–water partition coefficient (Wildman–Crippen LogP) is 0.591. The van der Waals surface area contributed by atoms with Gasteiger partial charge in [-0.2, -0.15) is 0 Å². The molecule has 0 bridgehead atoms. The summed E-state index contributed by atoms with van der Waals surface area (Å²) in [5.41, 5.74) is 7.01. The molecule has 0 radical (unpaired) electrons. The average molecular weight is 293 g/mol. The number of hydrogen-bond donors (Lipinski definition) is 2. The van der Waals surface area contributed by atoms with Crippen LogP contribution in [0.4, 0.5) is 0 Å². The molecule has 7 heteroatoms. The molecule has 1 aliphatic rings. The Bertz CT molecular complexity index is 559. The lowest BCUT2D eigenvalue weighted by molar-refractivity contribution is 0.00662. The van der Waals surface area contributed by atoms with Crippen molar-refractivity contribution in [2.75, 3.05) is 26.8 Å². The number of benzene rings is 1. The summed E-state index contributed by atoms with van der Waals surface area (Å²) in [6.45, 7) is 2.94. The molecule has 3 N–H and O–H groups in total. The molecule has 0 spiro atoms. The first-order chi connectivity index (χ1) is 10.1. The van der Waals surface area contributed by atoms with Gasteiger partial charge in [-0.05, 0) is 19.1 Å². The summed E-state index contributed by atoms with van der Waals surface area (Å²) in [5, 5.41) is 11.6. The number of methoxy groups -OCH3 is 1. The van der Waals surface area contributed by atoms with Gasteiger partial charge in [-0.25, -0.2) is 0 Å². The smallest absolute Gasteiger partial charge is 0.257 e. The van der Waals surface area contributed by atoms with Crippen LogP contribution in [-0.2, 0) is 4.74 Å². The van der Waals surface area contributed by atoms with Crippen LogP contribution in [0.15, 0.2) is 23.4 Å². The minimum absolute atomic E-state index is 0.0382. The third kappa shape index (κ3) is 3.25. The van der Waals surface area contributed by atoms with Crippen LogP contribution in [0.2, 0.25) is 0 Å². The van der Waals surface area contributed by atoms with Gasteiger partial charge in [0.25, 0.3) is 5.91 Å². The van der Waals surface area contributed by atoms with E-state index in [1.165, 1.54) is 7.11 Å². The van der Waals surface area contributed by atoms with Gasteiger partial charge in [0.1, 0.15) is 11.9 Å². The van der Waals surface area contributed by atoms with Crippen LogP contribution in [0.25, 0.3) is 0 Å². The third-order valence-corrected chi connectivity index (χ3v) is 3.38. The summed E-state index contributed by atoms with van der Waals surface area (Å²) >= 11 is 0. The van der Waals surface area contributed by atoms with Gasteiger partial charge in [0, 0.05) is 6.54 Å². The molecule has 2 rings (SSSR count). The molecular weight excluding hydrogens is 274 g/mol. The number of oxime groups is 1. The van der Waals surface area contributed by atoms with Crippen LogP contribution in [0.1, 0.15) is 15.9 Å². The highest BCUT2D eigenvalue weighted by Gasteiger charge is 2.29. The van der Waals surface area contributed by atoms with Gasteiger partial charge in [0.05, 0.1) is 25.8 Å². The van der Waals surface area contributed by atoms with E-state index < -0.39 is 6.10 Å². The minimum atomic E-state index is -0.594. The molecule has 1 unspecified atom stereocenters. The third-order valence-electron chi connectivity index (χ3n) is 3.38. The van der Waals surface area contributed by atoms with E-state index in [0.717, 1.165) is 5.56 Å². The minimum Gasteiger partial charge on any atom is -0.496 e. The van der Waals surface area contributed by atoms with E-state index in [1.54, 1.807) is 17.0 Å². The Hall–Kier alpha value is -2.28. The quantitative estimate of drug-likeness (QED) is 0.368. The van der Waals surface area contributed by atoms with Crippen molar-refractivity contribution in [3.8, 4) is 5.75 Å². The van der Waals surface area contributed by atoms with E-state index >= 15 is 0 Å². The highest BCUT2D eigenvalue weighted by atomic mass is 16.5. The molecule has 114 valence electrons. The Morgan fingerprint density at radius 1 is 1.57 bits per heavy atom. The molecule has 0 aliphatic carbocycles. The number of rotatable bonds is 3.